The second kappa shape index (κ2) is 9.78. The zero-order valence-corrected chi connectivity index (χ0v) is 17.5. The van der Waals surface area contributed by atoms with Crippen LogP contribution < -0.4 is 15.4 Å². The fourth-order valence-corrected chi connectivity index (χ4v) is 3.81. The van der Waals surface area contributed by atoms with Crippen LogP contribution in [0.2, 0.25) is 0 Å². The molecule has 0 bridgehead atoms. The number of hydrogen-bond donors (Lipinski definition) is 2. The van der Waals surface area contributed by atoms with Gasteiger partial charge in [-0.3, -0.25) is 4.90 Å². The van der Waals surface area contributed by atoms with Crippen LogP contribution in [0.15, 0.2) is 35.5 Å². The standard InChI is InChI=1S/C22H31N3O4/c1-4-28-17-8-6-16(7-9-17)20-19(21(26)29-5-2)18(23-22(27)24-20)14-25-12-10-15(3)11-13-25/h6-9,15,20H,4-5,10-14H2,1-3H3,(H2,23,24,27)/t20-/m1/s1. The molecule has 1 saturated heterocycles. The third-order valence-electron chi connectivity index (χ3n) is 5.43. The summed E-state index contributed by atoms with van der Waals surface area (Å²) in [6.45, 7) is 9.27. The maximum absolute atomic E-state index is 12.8. The Morgan fingerprint density at radius 1 is 1.14 bits per heavy atom. The lowest BCUT2D eigenvalue weighted by atomic mass is 9.94. The number of benzene rings is 1. The number of rotatable bonds is 7. The van der Waals surface area contributed by atoms with Crippen molar-refractivity contribution >= 4 is 12.0 Å². The molecule has 0 aromatic heterocycles. The van der Waals surface area contributed by atoms with Crippen LogP contribution in [0.4, 0.5) is 4.79 Å². The third-order valence-corrected chi connectivity index (χ3v) is 5.43. The molecule has 0 spiro atoms. The zero-order chi connectivity index (χ0) is 20.8. The van der Waals surface area contributed by atoms with Gasteiger partial charge in [-0.25, -0.2) is 9.59 Å². The molecule has 29 heavy (non-hydrogen) atoms. The topological polar surface area (TPSA) is 79.9 Å². The van der Waals surface area contributed by atoms with Gasteiger partial charge in [-0.05, 0) is 63.4 Å². The van der Waals surface area contributed by atoms with Gasteiger partial charge in [-0.1, -0.05) is 19.1 Å². The highest BCUT2D eigenvalue weighted by atomic mass is 16.5. The Morgan fingerprint density at radius 3 is 2.45 bits per heavy atom. The van der Waals surface area contributed by atoms with Gasteiger partial charge in [0.2, 0.25) is 0 Å². The highest BCUT2D eigenvalue weighted by Crippen LogP contribution is 2.30. The predicted molar refractivity (Wildman–Crippen MR) is 111 cm³/mol. The van der Waals surface area contributed by atoms with Gasteiger partial charge in [0.15, 0.2) is 0 Å². The number of amides is 2. The molecule has 2 heterocycles. The lowest BCUT2D eigenvalue weighted by Crippen LogP contribution is -2.49. The van der Waals surface area contributed by atoms with Gasteiger partial charge in [-0.15, -0.1) is 0 Å². The summed E-state index contributed by atoms with van der Waals surface area (Å²) in [5.41, 5.74) is 1.91. The largest absolute Gasteiger partial charge is 0.494 e. The van der Waals surface area contributed by atoms with Crippen LogP contribution in [0.1, 0.15) is 45.2 Å². The molecule has 2 aliphatic heterocycles. The van der Waals surface area contributed by atoms with E-state index in [1.54, 1.807) is 6.92 Å². The third kappa shape index (κ3) is 5.29. The number of carbonyl (C=O) groups is 2. The van der Waals surface area contributed by atoms with Crippen molar-refractivity contribution in [3.05, 3.63) is 41.1 Å². The van der Waals surface area contributed by atoms with Gasteiger partial charge < -0.3 is 20.1 Å². The minimum atomic E-state index is -0.558. The number of nitrogens with zero attached hydrogens (tertiary/aromatic N) is 1. The van der Waals surface area contributed by atoms with Crippen LogP contribution in [0.3, 0.4) is 0 Å². The Labute approximate surface area is 172 Å². The minimum Gasteiger partial charge on any atom is -0.494 e. The summed E-state index contributed by atoms with van der Waals surface area (Å²) < 4.78 is 10.8. The van der Waals surface area contributed by atoms with Crippen molar-refractivity contribution in [1.29, 1.82) is 0 Å². The van der Waals surface area contributed by atoms with Gasteiger partial charge in [0.1, 0.15) is 5.75 Å². The average molecular weight is 402 g/mol. The number of ether oxygens (including phenoxy) is 2. The van der Waals surface area contributed by atoms with E-state index in [4.69, 9.17) is 9.47 Å². The molecule has 2 amide bonds. The van der Waals surface area contributed by atoms with Crippen molar-refractivity contribution in [2.45, 2.75) is 39.7 Å². The molecule has 1 fully saturated rings. The van der Waals surface area contributed by atoms with Crippen molar-refractivity contribution < 1.29 is 19.1 Å². The molecule has 2 N–H and O–H groups in total. The zero-order valence-electron chi connectivity index (χ0n) is 17.5. The summed E-state index contributed by atoms with van der Waals surface area (Å²) in [5.74, 6) is 1.06. The first-order valence-electron chi connectivity index (χ1n) is 10.4. The molecule has 0 unspecified atom stereocenters. The van der Waals surface area contributed by atoms with E-state index in [2.05, 4.69) is 22.5 Å². The van der Waals surface area contributed by atoms with E-state index < -0.39 is 12.0 Å². The number of carbonyl (C=O) groups excluding carboxylic acids is 2. The molecule has 0 aliphatic carbocycles. The lowest BCUT2D eigenvalue weighted by molar-refractivity contribution is -0.139. The molecule has 1 aromatic rings. The lowest BCUT2D eigenvalue weighted by Gasteiger charge is -2.34. The van der Waals surface area contributed by atoms with Gasteiger partial charge in [-0.2, -0.15) is 0 Å². The van der Waals surface area contributed by atoms with Crippen LogP contribution in [-0.4, -0.2) is 49.7 Å². The van der Waals surface area contributed by atoms with Crippen LogP contribution >= 0.6 is 0 Å². The number of nitrogens with one attached hydrogen (secondary N) is 2. The number of hydrogen-bond acceptors (Lipinski definition) is 5. The molecular formula is C22H31N3O4. The quantitative estimate of drug-likeness (QED) is 0.687. The fourth-order valence-electron chi connectivity index (χ4n) is 3.81. The smallest absolute Gasteiger partial charge is 0.338 e. The van der Waals surface area contributed by atoms with E-state index in [0.717, 1.165) is 37.2 Å². The highest BCUT2D eigenvalue weighted by molar-refractivity contribution is 5.95. The Kier molecular flexibility index (Phi) is 7.14. The molecule has 7 nitrogen and oxygen atoms in total. The maximum Gasteiger partial charge on any atom is 0.338 e. The molecule has 2 aliphatic rings. The number of esters is 1. The van der Waals surface area contributed by atoms with E-state index in [1.807, 2.05) is 31.2 Å². The second-order valence-corrected chi connectivity index (χ2v) is 7.60. The van der Waals surface area contributed by atoms with Crippen molar-refractivity contribution in [2.75, 3.05) is 32.8 Å². The summed E-state index contributed by atoms with van der Waals surface area (Å²) in [7, 11) is 0. The monoisotopic (exact) mass is 401 g/mol. The normalized spacial score (nSPS) is 20.8. The Hall–Kier alpha value is -2.54. The Balaban J connectivity index is 1.91. The van der Waals surface area contributed by atoms with E-state index in [0.29, 0.717) is 30.3 Å². The maximum atomic E-state index is 12.8. The van der Waals surface area contributed by atoms with Crippen molar-refractivity contribution in [3.8, 4) is 5.75 Å². The van der Waals surface area contributed by atoms with Crippen LogP contribution in [0.25, 0.3) is 0 Å². The van der Waals surface area contributed by atoms with Crippen LogP contribution in [-0.2, 0) is 9.53 Å². The first-order valence-corrected chi connectivity index (χ1v) is 10.4. The predicted octanol–water partition coefficient (Wildman–Crippen LogP) is 2.99. The molecule has 1 atom stereocenters. The van der Waals surface area contributed by atoms with Crippen LogP contribution in [0.5, 0.6) is 5.75 Å². The highest BCUT2D eigenvalue weighted by Gasteiger charge is 2.34. The van der Waals surface area contributed by atoms with Gasteiger partial charge in [0.25, 0.3) is 0 Å². The summed E-state index contributed by atoms with van der Waals surface area (Å²) in [4.78, 5) is 27.5. The molecule has 7 heteroatoms. The molecule has 0 radical (unpaired) electrons. The van der Waals surface area contributed by atoms with Gasteiger partial charge in [0, 0.05) is 12.2 Å². The van der Waals surface area contributed by atoms with Gasteiger partial charge >= 0.3 is 12.0 Å². The van der Waals surface area contributed by atoms with E-state index >= 15 is 0 Å². The fraction of sp³-hybridized carbons (Fsp3) is 0.545. The molecule has 158 valence electrons. The average Bonchev–Trinajstić information content (AvgIpc) is 2.70. The summed E-state index contributed by atoms with van der Waals surface area (Å²) in [6.07, 6.45) is 2.24. The van der Waals surface area contributed by atoms with Crippen molar-refractivity contribution in [3.63, 3.8) is 0 Å². The van der Waals surface area contributed by atoms with Crippen molar-refractivity contribution in [2.24, 2.45) is 5.92 Å². The van der Waals surface area contributed by atoms with E-state index in [-0.39, 0.29) is 12.6 Å². The summed E-state index contributed by atoms with van der Waals surface area (Å²) >= 11 is 0. The first kappa shape index (κ1) is 21.2. The Morgan fingerprint density at radius 2 is 1.83 bits per heavy atom. The number of piperidine rings is 1. The van der Waals surface area contributed by atoms with Crippen molar-refractivity contribution in [1.82, 2.24) is 15.5 Å². The minimum absolute atomic E-state index is 0.279. The number of likely N-dealkylation sites (tertiary alicyclic amines) is 1. The van der Waals surface area contributed by atoms with E-state index in [1.165, 1.54) is 0 Å². The van der Waals surface area contributed by atoms with Crippen LogP contribution in [0, 0.1) is 5.92 Å². The molecule has 1 aromatic carbocycles. The second-order valence-electron chi connectivity index (χ2n) is 7.60. The molecule has 3 rings (SSSR count). The SMILES string of the molecule is CCOC(=O)C1=C(CN2CCC(C)CC2)NC(=O)N[C@@H]1c1ccc(OCC)cc1. The summed E-state index contributed by atoms with van der Waals surface area (Å²) in [6, 6.07) is 6.58. The number of urea groups is 1. The first-order chi connectivity index (χ1) is 14.0. The van der Waals surface area contributed by atoms with Gasteiger partial charge in [0.05, 0.1) is 24.8 Å². The van der Waals surface area contributed by atoms with E-state index in [9.17, 15) is 9.59 Å². The molecular weight excluding hydrogens is 370 g/mol. The molecule has 0 saturated carbocycles. The summed E-state index contributed by atoms with van der Waals surface area (Å²) in [5, 5.41) is 5.74. The Bertz CT molecular complexity index is 752.